The fourth-order valence-corrected chi connectivity index (χ4v) is 1.22. The van der Waals surface area contributed by atoms with Crippen LogP contribution in [0.3, 0.4) is 0 Å². The Hall–Kier alpha value is -2.04. The Labute approximate surface area is 73.2 Å². The van der Waals surface area contributed by atoms with E-state index in [4.69, 9.17) is 5.73 Å². The number of aromatic nitrogens is 2. The molecule has 0 aliphatic carbocycles. The van der Waals surface area contributed by atoms with Gasteiger partial charge in [0.15, 0.2) is 0 Å². The molecule has 0 fully saturated rings. The first-order valence-electron chi connectivity index (χ1n) is 3.64. The number of rotatable bonds is 1. The zero-order chi connectivity index (χ0) is 9.42. The molecule has 4 N–H and O–H groups in total. The van der Waals surface area contributed by atoms with E-state index in [9.17, 15) is 9.90 Å². The number of phenols is 1. The second kappa shape index (κ2) is 2.48. The Balaban J connectivity index is 2.84. The quantitative estimate of drug-likeness (QED) is 0.587. The summed E-state index contributed by atoms with van der Waals surface area (Å²) in [7, 11) is 0. The van der Waals surface area contributed by atoms with Gasteiger partial charge in [-0.15, -0.1) is 0 Å². The summed E-state index contributed by atoms with van der Waals surface area (Å²) in [6.07, 6.45) is 1.44. The van der Waals surface area contributed by atoms with Crippen molar-refractivity contribution in [1.82, 2.24) is 9.97 Å². The van der Waals surface area contributed by atoms with Gasteiger partial charge in [0.1, 0.15) is 11.3 Å². The predicted octanol–water partition coefficient (Wildman–Crippen LogP) is 0.367. The molecular formula is C8H7N3O2. The molecule has 0 unspecified atom stereocenters. The van der Waals surface area contributed by atoms with E-state index in [0.717, 1.165) is 0 Å². The standard InChI is InChI=1S/C8H7N3O2/c9-8(13)5-1-4(12)2-6-7(5)11-3-10-6/h1-3,12H,(H2,9,13)(H,10,11). The van der Waals surface area contributed by atoms with Gasteiger partial charge in [-0.05, 0) is 6.07 Å². The molecule has 1 heterocycles. The number of nitrogens with zero attached hydrogens (tertiary/aromatic N) is 1. The lowest BCUT2D eigenvalue weighted by molar-refractivity contribution is 0.100. The number of aromatic amines is 1. The lowest BCUT2D eigenvalue weighted by Gasteiger charge is -1.97. The van der Waals surface area contributed by atoms with Crippen molar-refractivity contribution < 1.29 is 9.90 Å². The fourth-order valence-electron chi connectivity index (χ4n) is 1.22. The summed E-state index contributed by atoms with van der Waals surface area (Å²) < 4.78 is 0. The average Bonchev–Trinajstić information content (AvgIpc) is 2.49. The minimum absolute atomic E-state index is 0.00875. The maximum Gasteiger partial charge on any atom is 0.251 e. The Morgan fingerprint density at radius 3 is 3.00 bits per heavy atom. The summed E-state index contributed by atoms with van der Waals surface area (Å²) in [6.45, 7) is 0. The number of carbonyl (C=O) groups excluding carboxylic acids is 1. The van der Waals surface area contributed by atoms with Gasteiger partial charge in [-0.3, -0.25) is 4.79 Å². The van der Waals surface area contributed by atoms with E-state index in [1.165, 1.54) is 18.5 Å². The summed E-state index contributed by atoms with van der Waals surface area (Å²) in [5.41, 5.74) is 6.39. The number of fused-ring (bicyclic) bond motifs is 1. The molecule has 0 spiro atoms. The van der Waals surface area contributed by atoms with E-state index in [1.54, 1.807) is 0 Å². The van der Waals surface area contributed by atoms with E-state index in [-0.39, 0.29) is 11.3 Å². The molecule has 1 aromatic heterocycles. The van der Waals surface area contributed by atoms with Gasteiger partial charge in [-0.25, -0.2) is 4.98 Å². The number of primary amides is 1. The maximum atomic E-state index is 10.9. The largest absolute Gasteiger partial charge is 0.508 e. The molecule has 0 saturated carbocycles. The normalized spacial score (nSPS) is 10.5. The third-order valence-electron chi connectivity index (χ3n) is 1.77. The molecule has 1 amide bonds. The Morgan fingerprint density at radius 2 is 2.31 bits per heavy atom. The number of phenolic OH excluding ortho intramolecular Hbond substituents is 1. The molecule has 5 heteroatoms. The molecule has 2 rings (SSSR count). The number of imidazole rings is 1. The number of hydrogen-bond donors (Lipinski definition) is 3. The topological polar surface area (TPSA) is 92.0 Å². The summed E-state index contributed by atoms with van der Waals surface area (Å²) in [5, 5.41) is 9.22. The Kier molecular flexibility index (Phi) is 1.45. The second-order valence-corrected chi connectivity index (χ2v) is 2.66. The molecule has 1 aromatic carbocycles. The van der Waals surface area contributed by atoms with E-state index >= 15 is 0 Å². The number of benzene rings is 1. The predicted molar refractivity (Wildman–Crippen MR) is 46.3 cm³/mol. The van der Waals surface area contributed by atoms with Gasteiger partial charge in [0, 0.05) is 6.07 Å². The average molecular weight is 177 g/mol. The van der Waals surface area contributed by atoms with Gasteiger partial charge in [-0.1, -0.05) is 0 Å². The minimum Gasteiger partial charge on any atom is -0.508 e. The highest BCUT2D eigenvalue weighted by molar-refractivity contribution is 6.04. The summed E-state index contributed by atoms with van der Waals surface area (Å²) in [6, 6.07) is 2.78. The highest BCUT2D eigenvalue weighted by Crippen LogP contribution is 2.21. The van der Waals surface area contributed by atoms with Crippen LogP contribution in [0.5, 0.6) is 5.75 Å². The minimum atomic E-state index is -0.604. The Morgan fingerprint density at radius 1 is 1.54 bits per heavy atom. The number of nitrogens with one attached hydrogen (secondary N) is 1. The van der Waals surface area contributed by atoms with Crippen LogP contribution < -0.4 is 5.73 Å². The molecule has 0 atom stereocenters. The fraction of sp³-hybridized carbons (Fsp3) is 0. The monoisotopic (exact) mass is 177 g/mol. The molecule has 0 aliphatic rings. The molecule has 13 heavy (non-hydrogen) atoms. The summed E-state index contributed by atoms with van der Waals surface area (Å²) in [4.78, 5) is 17.6. The van der Waals surface area contributed by atoms with Crippen LogP contribution >= 0.6 is 0 Å². The lowest BCUT2D eigenvalue weighted by atomic mass is 10.1. The van der Waals surface area contributed by atoms with Gasteiger partial charge < -0.3 is 15.8 Å². The van der Waals surface area contributed by atoms with Crippen molar-refractivity contribution in [2.75, 3.05) is 0 Å². The highest BCUT2D eigenvalue weighted by atomic mass is 16.3. The van der Waals surface area contributed by atoms with Gasteiger partial charge >= 0.3 is 0 Å². The van der Waals surface area contributed by atoms with Crippen molar-refractivity contribution in [2.45, 2.75) is 0 Å². The van der Waals surface area contributed by atoms with E-state index in [1.807, 2.05) is 0 Å². The van der Waals surface area contributed by atoms with Crippen LogP contribution in [0.15, 0.2) is 18.5 Å². The van der Waals surface area contributed by atoms with Crippen LogP contribution in [-0.2, 0) is 0 Å². The van der Waals surface area contributed by atoms with Crippen LogP contribution in [0, 0.1) is 0 Å². The van der Waals surface area contributed by atoms with Crippen LogP contribution in [0.25, 0.3) is 11.0 Å². The number of hydrogen-bond acceptors (Lipinski definition) is 3. The van der Waals surface area contributed by atoms with Crippen LogP contribution in [0.1, 0.15) is 10.4 Å². The first-order chi connectivity index (χ1) is 6.18. The Bertz CT molecular complexity index is 475. The molecule has 0 radical (unpaired) electrons. The molecule has 0 bridgehead atoms. The van der Waals surface area contributed by atoms with Crippen LogP contribution in [0.2, 0.25) is 0 Å². The SMILES string of the molecule is NC(=O)c1cc(O)cc2[nH]cnc12. The van der Waals surface area contributed by atoms with Crippen molar-refractivity contribution >= 4 is 16.9 Å². The first-order valence-corrected chi connectivity index (χ1v) is 3.64. The second-order valence-electron chi connectivity index (χ2n) is 2.66. The first kappa shape index (κ1) is 7.60. The van der Waals surface area contributed by atoms with Gasteiger partial charge in [-0.2, -0.15) is 0 Å². The molecular weight excluding hydrogens is 170 g/mol. The van der Waals surface area contributed by atoms with Crippen LogP contribution in [-0.4, -0.2) is 21.0 Å². The summed E-state index contributed by atoms with van der Waals surface area (Å²) >= 11 is 0. The van der Waals surface area contributed by atoms with Crippen molar-refractivity contribution in [1.29, 1.82) is 0 Å². The zero-order valence-electron chi connectivity index (χ0n) is 6.61. The number of carbonyl (C=O) groups is 1. The summed E-state index contributed by atoms with van der Waals surface area (Å²) in [5.74, 6) is -0.612. The highest BCUT2D eigenvalue weighted by Gasteiger charge is 2.10. The van der Waals surface area contributed by atoms with Crippen molar-refractivity contribution in [2.24, 2.45) is 5.73 Å². The molecule has 66 valence electrons. The van der Waals surface area contributed by atoms with E-state index in [2.05, 4.69) is 9.97 Å². The van der Waals surface area contributed by atoms with E-state index < -0.39 is 5.91 Å². The molecule has 5 nitrogen and oxygen atoms in total. The van der Waals surface area contributed by atoms with Gasteiger partial charge in [0.25, 0.3) is 5.91 Å². The molecule has 0 saturated heterocycles. The number of nitrogens with two attached hydrogens (primary N) is 1. The van der Waals surface area contributed by atoms with Gasteiger partial charge in [0.2, 0.25) is 0 Å². The van der Waals surface area contributed by atoms with Crippen LogP contribution in [0.4, 0.5) is 0 Å². The maximum absolute atomic E-state index is 10.9. The zero-order valence-corrected chi connectivity index (χ0v) is 6.61. The third-order valence-corrected chi connectivity index (χ3v) is 1.77. The third kappa shape index (κ3) is 1.10. The van der Waals surface area contributed by atoms with Crippen molar-refractivity contribution in [3.8, 4) is 5.75 Å². The number of aromatic hydroxyl groups is 1. The van der Waals surface area contributed by atoms with Crippen molar-refractivity contribution in [3.05, 3.63) is 24.0 Å². The van der Waals surface area contributed by atoms with Gasteiger partial charge in [0.05, 0.1) is 17.4 Å². The van der Waals surface area contributed by atoms with Crippen molar-refractivity contribution in [3.63, 3.8) is 0 Å². The molecule has 0 aliphatic heterocycles. The van der Waals surface area contributed by atoms with E-state index in [0.29, 0.717) is 11.0 Å². The number of H-pyrrole nitrogens is 1. The number of amides is 1. The lowest BCUT2D eigenvalue weighted by Crippen LogP contribution is -2.11. The molecule has 2 aromatic rings. The smallest absolute Gasteiger partial charge is 0.251 e.